The zero-order valence-corrected chi connectivity index (χ0v) is 20.5. The lowest BCUT2D eigenvalue weighted by atomic mass is 10.1. The molecule has 0 radical (unpaired) electrons. The van der Waals surface area contributed by atoms with E-state index < -0.39 is 30.2 Å². The van der Waals surface area contributed by atoms with Crippen LogP contribution in [0, 0.1) is 0 Å². The van der Waals surface area contributed by atoms with E-state index in [0.29, 0.717) is 11.3 Å². The first-order valence-corrected chi connectivity index (χ1v) is 9.50. The van der Waals surface area contributed by atoms with Gasteiger partial charge in [-0.15, -0.1) is 37.1 Å². The highest BCUT2D eigenvalue weighted by molar-refractivity contribution is 14.0. The third-order valence-corrected chi connectivity index (χ3v) is 3.60. The minimum atomic E-state index is -4.78. The second kappa shape index (κ2) is 10.8. The molecule has 2 aromatic heterocycles. The van der Waals surface area contributed by atoms with Crippen molar-refractivity contribution in [1.82, 2.24) is 9.55 Å². The van der Waals surface area contributed by atoms with Crippen molar-refractivity contribution in [3.63, 3.8) is 0 Å². The Morgan fingerprint density at radius 2 is 1.66 bits per heavy atom. The molecule has 1 aromatic carbocycles. The predicted octanol–water partition coefficient (Wildman–Crippen LogP) is 5.54. The highest BCUT2D eigenvalue weighted by Gasteiger charge is 2.31. The molecule has 11 heteroatoms. The van der Waals surface area contributed by atoms with Gasteiger partial charge in [0.2, 0.25) is 0 Å². The van der Waals surface area contributed by atoms with Gasteiger partial charge in [-0.25, -0.2) is 14.3 Å². The number of fused-ring (bicyclic) bond motifs is 1. The molecule has 0 amide bonds. The number of alkyl halides is 3. The van der Waals surface area contributed by atoms with E-state index >= 15 is 0 Å². The fourth-order valence-electron chi connectivity index (χ4n) is 2.57. The third kappa shape index (κ3) is 7.53. The van der Waals surface area contributed by atoms with Crippen molar-refractivity contribution in [1.29, 1.82) is 0 Å². The Balaban J connectivity index is 0.00000166. The molecule has 176 valence electrons. The van der Waals surface area contributed by atoms with Gasteiger partial charge in [0, 0.05) is 5.56 Å². The van der Waals surface area contributed by atoms with Crippen LogP contribution >= 0.6 is 24.0 Å². The topological polar surface area (TPSA) is 83.6 Å². The van der Waals surface area contributed by atoms with Crippen LogP contribution in [0.2, 0.25) is 0 Å². The number of carbonyl (C=O) groups excluding carboxylic acids is 1. The van der Waals surface area contributed by atoms with Gasteiger partial charge in [0.05, 0.1) is 5.69 Å². The number of hydrogen-bond donors (Lipinski definition) is 0. The van der Waals surface area contributed by atoms with Crippen molar-refractivity contribution in [3.05, 3.63) is 46.9 Å². The van der Waals surface area contributed by atoms with E-state index in [2.05, 4.69) is 9.72 Å². The Bertz CT molecular complexity index is 1100. The summed E-state index contributed by atoms with van der Waals surface area (Å²) < 4.78 is 52.0. The molecule has 0 unspecified atom stereocenters. The Labute approximate surface area is 199 Å². The predicted molar refractivity (Wildman–Crippen MR) is 123 cm³/mol. The van der Waals surface area contributed by atoms with Gasteiger partial charge in [-0.05, 0) is 57.2 Å². The van der Waals surface area contributed by atoms with E-state index in [-0.39, 0.29) is 41.0 Å². The van der Waals surface area contributed by atoms with E-state index in [1.54, 1.807) is 26.8 Å². The van der Waals surface area contributed by atoms with Crippen LogP contribution in [-0.2, 0) is 16.1 Å². The lowest BCUT2D eigenvalue weighted by Gasteiger charge is -2.19. The molecule has 0 aliphatic rings. The molecule has 0 atom stereocenters. The van der Waals surface area contributed by atoms with Crippen LogP contribution in [0.4, 0.5) is 13.2 Å². The lowest BCUT2D eigenvalue weighted by Crippen LogP contribution is -2.29. The van der Waals surface area contributed by atoms with Gasteiger partial charge in [-0.2, -0.15) is 0 Å². The number of rotatable bonds is 4. The molecule has 0 N–H and O–H groups in total. The number of benzene rings is 1. The number of ether oxygens (including phenoxy) is 2. The maximum Gasteiger partial charge on any atom is 0.573 e. The van der Waals surface area contributed by atoms with Crippen LogP contribution < -0.4 is 10.5 Å². The fourth-order valence-corrected chi connectivity index (χ4v) is 2.57. The first-order valence-electron chi connectivity index (χ1n) is 9.50. The molecule has 7 nitrogen and oxygen atoms in total. The van der Waals surface area contributed by atoms with E-state index in [0.717, 1.165) is 16.7 Å². The number of esters is 1. The van der Waals surface area contributed by atoms with Crippen LogP contribution in [0.1, 0.15) is 34.6 Å². The molecular formula is C21H24F3IN2O5. The third-order valence-electron chi connectivity index (χ3n) is 3.60. The zero-order valence-electron chi connectivity index (χ0n) is 18.1. The first-order chi connectivity index (χ1) is 14.4. The van der Waals surface area contributed by atoms with Gasteiger partial charge in [-0.3, -0.25) is 4.79 Å². The number of oxazole rings is 1. The van der Waals surface area contributed by atoms with Gasteiger partial charge in [0.25, 0.3) is 0 Å². The SMILES string of the molecule is CC.CC(C)(C)OC(=O)Cn1c(=O)oc2ccc(-c3ccc(OC(F)(F)F)cc3)nc21.I. The first kappa shape index (κ1) is 27.5. The van der Waals surface area contributed by atoms with E-state index in [4.69, 9.17) is 9.15 Å². The van der Waals surface area contributed by atoms with Gasteiger partial charge in [-0.1, -0.05) is 13.8 Å². The van der Waals surface area contributed by atoms with Crippen LogP contribution in [-0.4, -0.2) is 27.5 Å². The molecule has 32 heavy (non-hydrogen) atoms. The van der Waals surface area contributed by atoms with Gasteiger partial charge in [0.1, 0.15) is 17.9 Å². The van der Waals surface area contributed by atoms with Crippen molar-refractivity contribution in [2.75, 3.05) is 0 Å². The largest absolute Gasteiger partial charge is 0.573 e. The molecule has 3 rings (SSSR count). The number of aromatic nitrogens is 2. The monoisotopic (exact) mass is 568 g/mol. The average molecular weight is 568 g/mol. The van der Waals surface area contributed by atoms with Crippen LogP contribution in [0.3, 0.4) is 0 Å². The van der Waals surface area contributed by atoms with E-state index in [1.165, 1.54) is 18.2 Å². The Hall–Kier alpha value is -2.57. The van der Waals surface area contributed by atoms with Crippen molar-refractivity contribution in [2.45, 2.75) is 53.1 Å². The molecule has 0 bridgehead atoms. The van der Waals surface area contributed by atoms with Gasteiger partial charge < -0.3 is 13.9 Å². The molecule has 2 heterocycles. The molecule has 0 spiro atoms. The summed E-state index contributed by atoms with van der Waals surface area (Å²) in [4.78, 5) is 28.5. The zero-order chi connectivity index (χ0) is 23.4. The average Bonchev–Trinajstić information content (AvgIpc) is 2.96. The second-order valence-corrected chi connectivity index (χ2v) is 7.13. The van der Waals surface area contributed by atoms with Gasteiger partial charge >= 0.3 is 18.1 Å². The molecule has 3 aromatic rings. The van der Waals surface area contributed by atoms with Crippen molar-refractivity contribution >= 4 is 41.2 Å². The van der Waals surface area contributed by atoms with Crippen molar-refractivity contribution < 1.29 is 31.9 Å². The smallest absolute Gasteiger partial charge is 0.459 e. The highest BCUT2D eigenvalue weighted by atomic mass is 127. The molecule has 0 aliphatic heterocycles. The van der Waals surface area contributed by atoms with E-state index in [9.17, 15) is 22.8 Å². The summed E-state index contributed by atoms with van der Waals surface area (Å²) in [7, 11) is 0. The van der Waals surface area contributed by atoms with E-state index in [1.807, 2.05) is 13.8 Å². The minimum absolute atomic E-state index is 0. The molecule has 0 saturated carbocycles. The summed E-state index contributed by atoms with van der Waals surface area (Å²) in [5.41, 5.74) is 0.418. The maximum atomic E-state index is 12.3. The fraction of sp³-hybridized carbons (Fsp3) is 0.381. The van der Waals surface area contributed by atoms with Crippen LogP contribution in [0.5, 0.6) is 5.75 Å². The van der Waals surface area contributed by atoms with Crippen LogP contribution in [0.15, 0.2) is 45.6 Å². The van der Waals surface area contributed by atoms with Crippen molar-refractivity contribution in [2.24, 2.45) is 0 Å². The molecule has 0 aliphatic carbocycles. The molecule has 0 saturated heterocycles. The number of nitrogens with zero attached hydrogens (tertiary/aromatic N) is 2. The maximum absolute atomic E-state index is 12.3. The summed E-state index contributed by atoms with van der Waals surface area (Å²) in [6.45, 7) is 8.70. The summed E-state index contributed by atoms with van der Waals surface area (Å²) in [6.07, 6.45) is -4.78. The lowest BCUT2D eigenvalue weighted by molar-refractivity contribution is -0.274. The number of pyridine rings is 1. The highest BCUT2D eigenvalue weighted by Crippen LogP contribution is 2.26. The minimum Gasteiger partial charge on any atom is -0.459 e. The Morgan fingerprint density at radius 3 is 2.19 bits per heavy atom. The van der Waals surface area contributed by atoms with Gasteiger partial charge in [0.15, 0.2) is 11.2 Å². The Morgan fingerprint density at radius 1 is 1.06 bits per heavy atom. The standard InChI is InChI=1S/C19H17F3N2O5.C2H6.HI/c1-18(2,3)29-15(25)10-24-16-14(27-17(24)26)9-8-13(23-16)11-4-6-12(7-5-11)28-19(20,21)22;1-2;/h4-9H,10H2,1-3H3;1-2H3;1H. The molecule has 0 fully saturated rings. The summed E-state index contributed by atoms with van der Waals surface area (Å²) in [5, 5.41) is 0. The van der Waals surface area contributed by atoms with Crippen molar-refractivity contribution in [3.8, 4) is 17.0 Å². The number of carbonyl (C=O) groups is 1. The Kier molecular flexibility index (Phi) is 9.30. The van der Waals surface area contributed by atoms with Crippen LogP contribution in [0.25, 0.3) is 22.5 Å². The summed E-state index contributed by atoms with van der Waals surface area (Å²) >= 11 is 0. The quantitative estimate of drug-likeness (QED) is 0.304. The molecular weight excluding hydrogens is 544 g/mol. The number of halogens is 4. The summed E-state index contributed by atoms with van der Waals surface area (Å²) in [6, 6.07) is 8.13. The second-order valence-electron chi connectivity index (χ2n) is 7.13. The summed E-state index contributed by atoms with van der Waals surface area (Å²) in [5.74, 6) is -1.78. The number of hydrogen-bond acceptors (Lipinski definition) is 6. The normalized spacial score (nSPS) is 11.2.